The third-order valence-electron chi connectivity index (χ3n) is 3.87. The molecular formula is C16H20Cl2N2O2. The lowest BCUT2D eigenvalue weighted by molar-refractivity contribution is -0.133. The fourth-order valence-electron chi connectivity index (χ4n) is 2.71. The number of benzene rings is 1. The molecule has 1 aliphatic rings. The molecule has 1 heterocycles. The van der Waals surface area contributed by atoms with Crippen LogP contribution in [-0.2, 0) is 16.0 Å². The summed E-state index contributed by atoms with van der Waals surface area (Å²) in [5.74, 6) is -0.0641. The molecule has 1 saturated heterocycles. The Morgan fingerprint density at radius 2 is 1.95 bits per heavy atom. The van der Waals surface area contributed by atoms with Gasteiger partial charge in [-0.25, -0.2) is 0 Å². The number of hydrogen-bond donors (Lipinski definition) is 1. The lowest BCUT2D eigenvalue weighted by Crippen LogP contribution is -2.45. The monoisotopic (exact) mass is 342 g/mol. The Hall–Kier alpha value is -1.26. The topological polar surface area (TPSA) is 49.4 Å². The van der Waals surface area contributed by atoms with E-state index >= 15 is 0 Å². The Morgan fingerprint density at radius 1 is 1.27 bits per heavy atom. The van der Waals surface area contributed by atoms with Crippen molar-refractivity contribution in [3.8, 4) is 0 Å². The van der Waals surface area contributed by atoms with Gasteiger partial charge in [0.25, 0.3) is 0 Å². The number of nitrogens with zero attached hydrogens (tertiary/aromatic N) is 1. The maximum absolute atomic E-state index is 12.2. The van der Waals surface area contributed by atoms with Crippen molar-refractivity contribution < 1.29 is 9.59 Å². The first kappa shape index (κ1) is 17.1. The summed E-state index contributed by atoms with van der Waals surface area (Å²) >= 11 is 11.9. The van der Waals surface area contributed by atoms with Crippen molar-refractivity contribution in [3.05, 3.63) is 33.8 Å². The molecule has 0 aromatic heterocycles. The minimum absolute atomic E-state index is 0.0130. The van der Waals surface area contributed by atoms with E-state index in [2.05, 4.69) is 5.32 Å². The third-order valence-corrected chi connectivity index (χ3v) is 4.31. The van der Waals surface area contributed by atoms with Crippen molar-refractivity contribution in [2.75, 3.05) is 19.6 Å². The fraction of sp³-hybridized carbons (Fsp3) is 0.500. The van der Waals surface area contributed by atoms with Gasteiger partial charge in [-0.3, -0.25) is 9.59 Å². The lowest BCUT2D eigenvalue weighted by Gasteiger charge is -2.31. The van der Waals surface area contributed by atoms with E-state index in [1.165, 1.54) is 0 Å². The zero-order chi connectivity index (χ0) is 16.1. The second-order valence-corrected chi connectivity index (χ2v) is 6.50. The van der Waals surface area contributed by atoms with Gasteiger partial charge in [0.1, 0.15) is 0 Å². The van der Waals surface area contributed by atoms with Crippen molar-refractivity contribution in [2.24, 2.45) is 5.92 Å². The molecule has 2 amide bonds. The average molecular weight is 343 g/mol. The standard InChI is InChI=1S/C16H20Cl2N2O2/c1-11(21)20-6-2-3-13(10-20)16(22)19-5-4-12-7-14(17)9-15(18)8-12/h7-9,13H,2-6,10H2,1H3,(H,19,22)/t13-/m1/s1. The highest BCUT2D eigenvalue weighted by Crippen LogP contribution is 2.19. The summed E-state index contributed by atoms with van der Waals surface area (Å²) in [5, 5.41) is 4.13. The second kappa shape index (κ2) is 7.84. The predicted molar refractivity (Wildman–Crippen MR) is 88.2 cm³/mol. The van der Waals surface area contributed by atoms with Crippen LogP contribution in [0.2, 0.25) is 10.0 Å². The van der Waals surface area contributed by atoms with Crippen LogP contribution in [0.25, 0.3) is 0 Å². The Bertz CT molecular complexity index is 543. The summed E-state index contributed by atoms with van der Waals surface area (Å²) < 4.78 is 0. The molecule has 1 aliphatic heterocycles. The molecule has 0 aliphatic carbocycles. The van der Waals surface area contributed by atoms with Crippen LogP contribution in [-0.4, -0.2) is 36.3 Å². The highest BCUT2D eigenvalue weighted by molar-refractivity contribution is 6.34. The van der Waals surface area contributed by atoms with Gasteiger partial charge in [0.05, 0.1) is 5.92 Å². The van der Waals surface area contributed by atoms with Gasteiger partial charge in [0.15, 0.2) is 0 Å². The van der Waals surface area contributed by atoms with E-state index in [0.717, 1.165) is 24.9 Å². The summed E-state index contributed by atoms with van der Waals surface area (Å²) in [6.45, 7) is 3.35. The summed E-state index contributed by atoms with van der Waals surface area (Å²) in [6, 6.07) is 5.37. The first-order valence-corrected chi connectivity index (χ1v) is 8.19. The van der Waals surface area contributed by atoms with Crippen molar-refractivity contribution in [2.45, 2.75) is 26.2 Å². The third kappa shape index (κ3) is 4.89. The second-order valence-electron chi connectivity index (χ2n) is 5.62. The molecule has 2 rings (SSSR count). The van der Waals surface area contributed by atoms with E-state index in [9.17, 15) is 9.59 Å². The summed E-state index contributed by atoms with van der Waals surface area (Å²) in [4.78, 5) is 25.3. The minimum atomic E-state index is -0.111. The molecule has 120 valence electrons. The van der Waals surface area contributed by atoms with Crippen LogP contribution in [0.4, 0.5) is 0 Å². The number of nitrogens with one attached hydrogen (secondary N) is 1. The molecule has 4 nitrogen and oxygen atoms in total. The number of halogens is 2. The molecule has 1 N–H and O–H groups in total. The normalized spacial score (nSPS) is 18.1. The fourth-order valence-corrected chi connectivity index (χ4v) is 3.28. The number of amides is 2. The Kier molecular flexibility index (Phi) is 6.09. The van der Waals surface area contributed by atoms with Gasteiger partial charge in [-0.1, -0.05) is 23.2 Å². The molecule has 6 heteroatoms. The zero-order valence-electron chi connectivity index (χ0n) is 12.6. The van der Waals surface area contributed by atoms with Crippen LogP contribution in [0.15, 0.2) is 18.2 Å². The molecular weight excluding hydrogens is 323 g/mol. The number of carbonyl (C=O) groups excluding carboxylic acids is 2. The maximum Gasteiger partial charge on any atom is 0.224 e. The largest absolute Gasteiger partial charge is 0.355 e. The van der Waals surface area contributed by atoms with Crippen LogP contribution >= 0.6 is 23.2 Å². The molecule has 1 aromatic rings. The summed E-state index contributed by atoms with van der Waals surface area (Å²) in [5.41, 5.74) is 0.992. The first-order valence-electron chi connectivity index (χ1n) is 7.44. The van der Waals surface area contributed by atoms with E-state index in [-0.39, 0.29) is 17.7 Å². The molecule has 22 heavy (non-hydrogen) atoms. The highest BCUT2D eigenvalue weighted by atomic mass is 35.5. The predicted octanol–water partition coefficient (Wildman–Crippen LogP) is 2.91. The summed E-state index contributed by atoms with van der Waals surface area (Å²) in [6.07, 6.45) is 2.38. The number of carbonyl (C=O) groups is 2. The van der Waals surface area contributed by atoms with Crippen LogP contribution in [0.3, 0.4) is 0 Å². The molecule has 0 radical (unpaired) electrons. The van der Waals surface area contributed by atoms with Crippen molar-refractivity contribution >= 4 is 35.0 Å². The average Bonchev–Trinajstić information content (AvgIpc) is 2.46. The molecule has 0 spiro atoms. The van der Waals surface area contributed by atoms with E-state index in [1.807, 2.05) is 12.1 Å². The van der Waals surface area contributed by atoms with Crippen LogP contribution in [0.1, 0.15) is 25.3 Å². The van der Waals surface area contributed by atoms with E-state index < -0.39 is 0 Å². The Balaban J connectivity index is 1.81. The quantitative estimate of drug-likeness (QED) is 0.914. The van der Waals surface area contributed by atoms with Gasteiger partial charge in [0.2, 0.25) is 11.8 Å². The molecule has 0 bridgehead atoms. The van der Waals surface area contributed by atoms with Gasteiger partial charge < -0.3 is 10.2 Å². The SMILES string of the molecule is CC(=O)N1CCC[C@@H](C(=O)NCCc2cc(Cl)cc(Cl)c2)C1. The van der Waals surface area contributed by atoms with E-state index in [1.54, 1.807) is 17.9 Å². The molecule has 0 unspecified atom stereocenters. The van der Waals surface area contributed by atoms with E-state index in [4.69, 9.17) is 23.2 Å². The number of piperidine rings is 1. The minimum Gasteiger partial charge on any atom is -0.355 e. The summed E-state index contributed by atoms with van der Waals surface area (Å²) in [7, 11) is 0. The molecule has 1 fully saturated rings. The maximum atomic E-state index is 12.2. The number of likely N-dealkylation sites (tertiary alicyclic amines) is 1. The zero-order valence-corrected chi connectivity index (χ0v) is 14.1. The Labute approximate surface area is 140 Å². The number of hydrogen-bond acceptors (Lipinski definition) is 2. The first-order chi connectivity index (χ1) is 10.5. The lowest BCUT2D eigenvalue weighted by atomic mass is 9.97. The van der Waals surface area contributed by atoms with Crippen LogP contribution in [0.5, 0.6) is 0 Å². The van der Waals surface area contributed by atoms with Crippen molar-refractivity contribution in [1.82, 2.24) is 10.2 Å². The highest BCUT2D eigenvalue weighted by Gasteiger charge is 2.26. The van der Waals surface area contributed by atoms with Gasteiger partial charge in [-0.15, -0.1) is 0 Å². The number of rotatable bonds is 4. The Morgan fingerprint density at radius 3 is 2.59 bits per heavy atom. The van der Waals surface area contributed by atoms with Gasteiger partial charge >= 0.3 is 0 Å². The molecule has 1 atom stereocenters. The van der Waals surface area contributed by atoms with Gasteiger partial charge in [0, 0.05) is 36.6 Å². The smallest absolute Gasteiger partial charge is 0.224 e. The van der Waals surface area contributed by atoms with E-state index in [0.29, 0.717) is 29.6 Å². The van der Waals surface area contributed by atoms with Crippen molar-refractivity contribution in [3.63, 3.8) is 0 Å². The molecule has 1 aromatic carbocycles. The van der Waals surface area contributed by atoms with Gasteiger partial charge in [-0.05, 0) is 43.0 Å². The van der Waals surface area contributed by atoms with Gasteiger partial charge in [-0.2, -0.15) is 0 Å². The van der Waals surface area contributed by atoms with Crippen LogP contribution in [0, 0.1) is 5.92 Å². The van der Waals surface area contributed by atoms with Crippen molar-refractivity contribution in [1.29, 1.82) is 0 Å². The van der Waals surface area contributed by atoms with Crippen LogP contribution < -0.4 is 5.32 Å². The molecule has 0 saturated carbocycles.